The van der Waals surface area contributed by atoms with E-state index < -0.39 is 11.8 Å². The first-order valence-electron chi connectivity index (χ1n) is 11.6. The first kappa shape index (κ1) is 22.6. The summed E-state index contributed by atoms with van der Waals surface area (Å²) in [5.74, 6) is -1.62. The van der Waals surface area contributed by atoms with Crippen LogP contribution in [-0.4, -0.2) is 31.6 Å². The van der Waals surface area contributed by atoms with Gasteiger partial charge in [-0.25, -0.2) is 4.79 Å². The second-order valence-corrected chi connectivity index (χ2v) is 8.36. The predicted molar refractivity (Wildman–Crippen MR) is 131 cm³/mol. The van der Waals surface area contributed by atoms with Crippen molar-refractivity contribution in [1.82, 2.24) is 0 Å². The fraction of sp³-hybridized carbons (Fsp3) is 0.286. The van der Waals surface area contributed by atoms with Crippen molar-refractivity contribution in [1.29, 1.82) is 0 Å². The Hall–Kier alpha value is -3.60. The molecule has 1 aliphatic heterocycles. The van der Waals surface area contributed by atoms with E-state index in [1.807, 2.05) is 54.6 Å². The molecule has 5 heteroatoms. The van der Waals surface area contributed by atoms with E-state index in [0.717, 1.165) is 35.5 Å². The predicted octanol–water partition coefficient (Wildman–Crippen LogP) is 4.86. The molecular weight excluding hydrogens is 412 g/mol. The topological polar surface area (TPSA) is 72.6 Å². The van der Waals surface area contributed by atoms with Crippen LogP contribution in [0.4, 0.5) is 5.69 Å². The molecule has 0 aliphatic carbocycles. The van der Waals surface area contributed by atoms with Crippen molar-refractivity contribution in [2.45, 2.75) is 31.6 Å². The van der Waals surface area contributed by atoms with Gasteiger partial charge in [-0.3, -0.25) is 4.79 Å². The van der Waals surface area contributed by atoms with Gasteiger partial charge in [0.2, 0.25) is 5.91 Å². The smallest absolute Gasteiger partial charge is 0.338 e. The van der Waals surface area contributed by atoms with Gasteiger partial charge in [0.1, 0.15) is 0 Å². The number of hydrogen-bond acceptors (Lipinski definition) is 4. The Morgan fingerprint density at radius 3 is 2.15 bits per heavy atom. The van der Waals surface area contributed by atoms with Crippen molar-refractivity contribution >= 4 is 17.6 Å². The zero-order valence-electron chi connectivity index (χ0n) is 18.9. The summed E-state index contributed by atoms with van der Waals surface area (Å²) in [7, 11) is 0. The SMILES string of the molecule is CCOC(=O)c1ccc(C(C(N)=O)C(c2ccccc2)c2ccccc2N2CCCC2)cc1. The maximum absolute atomic E-state index is 13.0. The normalized spacial score (nSPS) is 15.1. The molecule has 0 saturated carbocycles. The molecule has 1 heterocycles. The molecule has 0 aromatic heterocycles. The van der Waals surface area contributed by atoms with Gasteiger partial charge >= 0.3 is 5.97 Å². The second-order valence-electron chi connectivity index (χ2n) is 8.36. The highest BCUT2D eigenvalue weighted by atomic mass is 16.5. The maximum atomic E-state index is 13.0. The van der Waals surface area contributed by atoms with E-state index in [2.05, 4.69) is 17.0 Å². The minimum atomic E-state index is -0.590. The number of ether oxygens (including phenoxy) is 1. The first-order chi connectivity index (χ1) is 16.1. The van der Waals surface area contributed by atoms with Crippen molar-refractivity contribution in [2.24, 2.45) is 5.73 Å². The minimum absolute atomic E-state index is 0.256. The average molecular weight is 443 g/mol. The molecule has 2 atom stereocenters. The monoisotopic (exact) mass is 442 g/mol. The van der Waals surface area contributed by atoms with E-state index in [4.69, 9.17) is 10.5 Å². The summed E-state index contributed by atoms with van der Waals surface area (Å²) in [6.07, 6.45) is 2.33. The van der Waals surface area contributed by atoms with Crippen LogP contribution in [0.2, 0.25) is 0 Å². The Balaban J connectivity index is 1.82. The molecule has 3 aromatic rings. The van der Waals surface area contributed by atoms with Gasteiger partial charge in [0.25, 0.3) is 0 Å². The molecule has 33 heavy (non-hydrogen) atoms. The molecule has 0 bridgehead atoms. The number of carbonyl (C=O) groups excluding carboxylic acids is 2. The zero-order chi connectivity index (χ0) is 23.2. The van der Waals surface area contributed by atoms with E-state index in [9.17, 15) is 9.59 Å². The molecule has 1 aliphatic rings. The summed E-state index contributed by atoms with van der Waals surface area (Å²) in [4.78, 5) is 27.5. The second kappa shape index (κ2) is 10.3. The third kappa shape index (κ3) is 4.92. The van der Waals surface area contributed by atoms with Crippen LogP contribution in [0, 0.1) is 0 Å². The Kier molecular flexibility index (Phi) is 7.08. The first-order valence-corrected chi connectivity index (χ1v) is 11.6. The summed E-state index contributed by atoms with van der Waals surface area (Å²) in [5, 5.41) is 0. The maximum Gasteiger partial charge on any atom is 0.338 e. The number of primary amides is 1. The Labute approximate surface area is 195 Å². The Bertz CT molecular complexity index is 1090. The van der Waals surface area contributed by atoms with Crippen LogP contribution in [0.5, 0.6) is 0 Å². The van der Waals surface area contributed by atoms with Crippen LogP contribution in [0.25, 0.3) is 0 Å². The minimum Gasteiger partial charge on any atom is -0.462 e. The largest absolute Gasteiger partial charge is 0.462 e. The number of esters is 1. The van der Waals surface area contributed by atoms with Gasteiger partial charge in [0.15, 0.2) is 0 Å². The van der Waals surface area contributed by atoms with Gasteiger partial charge < -0.3 is 15.4 Å². The highest BCUT2D eigenvalue weighted by Crippen LogP contribution is 2.43. The van der Waals surface area contributed by atoms with E-state index in [1.165, 1.54) is 12.8 Å². The zero-order valence-corrected chi connectivity index (χ0v) is 18.9. The van der Waals surface area contributed by atoms with Crippen molar-refractivity contribution < 1.29 is 14.3 Å². The van der Waals surface area contributed by atoms with Gasteiger partial charge in [-0.1, -0.05) is 60.7 Å². The van der Waals surface area contributed by atoms with Crippen LogP contribution in [0.1, 0.15) is 58.6 Å². The van der Waals surface area contributed by atoms with E-state index in [0.29, 0.717) is 12.2 Å². The molecule has 0 spiro atoms. The summed E-state index contributed by atoms with van der Waals surface area (Å²) in [6.45, 7) is 4.10. The lowest BCUT2D eigenvalue weighted by atomic mass is 9.76. The molecule has 2 N–H and O–H groups in total. The van der Waals surface area contributed by atoms with Crippen molar-refractivity contribution in [3.63, 3.8) is 0 Å². The van der Waals surface area contributed by atoms with Gasteiger partial charge in [0.05, 0.1) is 18.1 Å². The van der Waals surface area contributed by atoms with Gasteiger partial charge in [-0.15, -0.1) is 0 Å². The number of para-hydroxylation sites is 1. The lowest BCUT2D eigenvalue weighted by Gasteiger charge is -2.31. The molecule has 0 radical (unpaired) electrons. The van der Waals surface area contributed by atoms with E-state index in [1.54, 1.807) is 19.1 Å². The van der Waals surface area contributed by atoms with E-state index in [-0.39, 0.29) is 11.9 Å². The third-order valence-electron chi connectivity index (χ3n) is 6.30. The number of carbonyl (C=O) groups is 2. The van der Waals surface area contributed by atoms with Gasteiger partial charge in [-0.2, -0.15) is 0 Å². The lowest BCUT2D eigenvalue weighted by molar-refractivity contribution is -0.119. The third-order valence-corrected chi connectivity index (χ3v) is 6.30. The Morgan fingerprint density at radius 2 is 1.52 bits per heavy atom. The lowest BCUT2D eigenvalue weighted by Crippen LogP contribution is -2.29. The van der Waals surface area contributed by atoms with Gasteiger partial charge in [-0.05, 0) is 54.7 Å². The molecule has 170 valence electrons. The molecule has 2 unspecified atom stereocenters. The van der Waals surface area contributed by atoms with Crippen molar-refractivity contribution in [3.8, 4) is 0 Å². The van der Waals surface area contributed by atoms with Crippen LogP contribution >= 0.6 is 0 Å². The summed E-state index contributed by atoms with van der Waals surface area (Å²) >= 11 is 0. The number of rotatable bonds is 8. The fourth-order valence-corrected chi connectivity index (χ4v) is 4.77. The highest BCUT2D eigenvalue weighted by Gasteiger charge is 2.33. The standard InChI is InChI=1S/C28H30N2O3/c1-2-33-28(32)22-16-14-21(15-17-22)26(27(29)31)25(20-10-4-3-5-11-20)23-12-6-7-13-24(23)30-18-8-9-19-30/h3-7,10-17,25-26H,2,8-9,18-19H2,1H3,(H2,29,31). The fourth-order valence-electron chi connectivity index (χ4n) is 4.77. The number of anilines is 1. The van der Waals surface area contributed by atoms with Crippen LogP contribution in [0.15, 0.2) is 78.9 Å². The molecular formula is C28H30N2O3. The molecule has 4 rings (SSSR count). The van der Waals surface area contributed by atoms with Crippen molar-refractivity contribution in [2.75, 3.05) is 24.6 Å². The number of benzene rings is 3. The molecule has 1 amide bonds. The van der Waals surface area contributed by atoms with E-state index >= 15 is 0 Å². The quantitative estimate of drug-likeness (QED) is 0.506. The number of amides is 1. The van der Waals surface area contributed by atoms with Crippen molar-refractivity contribution in [3.05, 3.63) is 101 Å². The molecule has 3 aromatic carbocycles. The number of nitrogens with zero attached hydrogens (tertiary/aromatic N) is 1. The Morgan fingerprint density at radius 1 is 0.879 bits per heavy atom. The summed E-state index contributed by atoms with van der Waals surface area (Å²) in [5.41, 5.74) is 10.6. The number of nitrogens with two attached hydrogens (primary N) is 1. The summed E-state index contributed by atoms with van der Waals surface area (Å²) < 4.78 is 5.10. The van der Waals surface area contributed by atoms with Gasteiger partial charge in [0, 0.05) is 24.7 Å². The van der Waals surface area contributed by atoms with Crippen LogP contribution in [0.3, 0.4) is 0 Å². The highest BCUT2D eigenvalue weighted by molar-refractivity contribution is 5.90. The summed E-state index contributed by atoms with van der Waals surface area (Å²) in [6, 6.07) is 25.4. The van der Waals surface area contributed by atoms with Crippen LogP contribution < -0.4 is 10.6 Å². The van der Waals surface area contributed by atoms with Crippen LogP contribution in [-0.2, 0) is 9.53 Å². The molecule has 1 saturated heterocycles. The molecule has 1 fully saturated rings. The molecule has 5 nitrogen and oxygen atoms in total. The number of hydrogen-bond donors (Lipinski definition) is 1. The average Bonchev–Trinajstić information content (AvgIpc) is 3.38.